The predicted octanol–water partition coefficient (Wildman–Crippen LogP) is 1.49. The van der Waals surface area contributed by atoms with Gasteiger partial charge in [0.05, 0.1) is 0 Å². The summed E-state index contributed by atoms with van der Waals surface area (Å²) in [5.41, 5.74) is 5.87. The van der Waals surface area contributed by atoms with Gasteiger partial charge in [0.15, 0.2) is 11.6 Å². The Balaban J connectivity index is 2.19. The maximum absolute atomic E-state index is 13.2. The van der Waals surface area contributed by atoms with Gasteiger partial charge < -0.3 is 4.74 Å². The zero-order chi connectivity index (χ0) is 13.1. The van der Waals surface area contributed by atoms with Crippen LogP contribution in [0, 0.1) is 11.6 Å². The summed E-state index contributed by atoms with van der Waals surface area (Å²) in [5.74, 6) is -1.87. The van der Waals surface area contributed by atoms with E-state index >= 15 is 0 Å². The van der Waals surface area contributed by atoms with Crippen LogP contribution in [0.3, 0.4) is 0 Å². The zero-order valence-electron chi connectivity index (χ0n) is 9.74. The van der Waals surface area contributed by atoms with E-state index in [9.17, 15) is 13.6 Å². The fraction of sp³-hybridized carbons (Fsp3) is 0.364. The molecule has 0 bridgehead atoms. The van der Waals surface area contributed by atoms with E-state index in [1.807, 2.05) is 6.92 Å². The topological polar surface area (TPSA) is 53.6 Å². The summed E-state index contributed by atoms with van der Waals surface area (Å²) in [7, 11) is 0. The van der Waals surface area contributed by atoms with Crippen molar-refractivity contribution in [3.8, 4) is 0 Å². The van der Waals surface area contributed by atoms with Crippen molar-refractivity contribution in [2.75, 3.05) is 13.2 Å². The van der Waals surface area contributed by atoms with Gasteiger partial charge in [0.2, 0.25) is 0 Å². The molecule has 0 saturated carbocycles. The van der Waals surface area contributed by atoms with Crippen molar-refractivity contribution >= 4 is 6.09 Å². The van der Waals surface area contributed by atoms with E-state index in [4.69, 9.17) is 4.74 Å². The number of rotatable bonds is 4. The second kappa shape index (κ2) is 5.28. The molecule has 1 fully saturated rings. The number of ether oxygens (including phenoxy) is 1. The highest BCUT2D eigenvalue weighted by Crippen LogP contribution is 2.26. The van der Waals surface area contributed by atoms with Crippen molar-refractivity contribution in [2.24, 2.45) is 0 Å². The standard InChI is InChI=1S/C11H13F2N3O2/c1-2-14-15-16-10(6-18-11(16)17)7-3-4-8(12)9(13)5-7/h3-5,10,14-15H,2,6H2,1H3. The predicted molar refractivity (Wildman–Crippen MR) is 59.1 cm³/mol. The quantitative estimate of drug-likeness (QED) is 0.802. The first-order chi connectivity index (χ1) is 8.63. The lowest BCUT2D eigenvalue weighted by molar-refractivity contribution is 0.129. The summed E-state index contributed by atoms with van der Waals surface area (Å²) in [6, 6.07) is 3.01. The van der Waals surface area contributed by atoms with Gasteiger partial charge in [-0.1, -0.05) is 13.0 Å². The highest BCUT2D eigenvalue weighted by atomic mass is 19.2. The van der Waals surface area contributed by atoms with Crippen LogP contribution in [0.1, 0.15) is 18.5 Å². The molecular formula is C11H13F2N3O2. The molecule has 1 heterocycles. The van der Waals surface area contributed by atoms with E-state index in [0.29, 0.717) is 12.1 Å². The number of hydrazine groups is 2. The van der Waals surface area contributed by atoms with Crippen LogP contribution in [0.25, 0.3) is 0 Å². The number of benzene rings is 1. The zero-order valence-corrected chi connectivity index (χ0v) is 9.74. The van der Waals surface area contributed by atoms with Crippen molar-refractivity contribution < 1.29 is 18.3 Å². The first-order valence-electron chi connectivity index (χ1n) is 5.53. The Morgan fingerprint density at radius 1 is 1.44 bits per heavy atom. The molecular weight excluding hydrogens is 244 g/mol. The second-order valence-corrected chi connectivity index (χ2v) is 3.78. The fourth-order valence-electron chi connectivity index (χ4n) is 1.67. The molecule has 1 aromatic carbocycles. The van der Waals surface area contributed by atoms with Gasteiger partial charge in [-0.05, 0) is 17.7 Å². The van der Waals surface area contributed by atoms with Crippen molar-refractivity contribution in [1.82, 2.24) is 16.0 Å². The third kappa shape index (κ3) is 2.41. The molecule has 0 radical (unpaired) electrons. The molecule has 0 aromatic heterocycles. The average Bonchev–Trinajstić information content (AvgIpc) is 2.72. The van der Waals surface area contributed by atoms with Crippen molar-refractivity contribution in [3.05, 3.63) is 35.4 Å². The molecule has 98 valence electrons. The van der Waals surface area contributed by atoms with Gasteiger partial charge in [-0.25, -0.2) is 24.0 Å². The summed E-state index contributed by atoms with van der Waals surface area (Å²) < 4.78 is 30.9. The van der Waals surface area contributed by atoms with Crippen LogP contribution in [-0.4, -0.2) is 24.3 Å². The Labute approximate surface area is 103 Å². The van der Waals surface area contributed by atoms with Crippen molar-refractivity contribution in [3.63, 3.8) is 0 Å². The number of cyclic esters (lactones) is 1. The molecule has 1 aromatic rings. The molecule has 1 aliphatic heterocycles. The molecule has 1 saturated heterocycles. The minimum absolute atomic E-state index is 0.0856. The first-order valence-corrected chi connectivity index (χ1v) is 5.53. The molecule has 5 nitrogen and oxygen atoms in total. The van der Waals surface area contributed by atoms with Crippen molar-refractivity contribution in [1.29, 1.82) is 0 Å². The molecule has 7 heteroatoms. The average molecular weight is 257 g/mol. The van der Waals surface area contributed by atoms with E-state index in [-0.39, 0.29) is 6.61 Å². The van der Waals surface area contributed by atoms with Gasteiger partial charge >= 0.3 is 6.09 Å². The van der Waals surface area contributed by atoms with Crippen LogP contribution in [0.4, 0.5) is 13.6 Å². The number of amides is 1. The Morgan fingerprint density at radius 3 is 2.89 bits per heavy atom. The molecule has 1 unspecified atom stereocenters. The Kier molecular flexibility index (Phi) is 3.73. The van der Waals surface area contributed by atoms with Gasteiger partial charge in [0.25, 0.3) is 0 Å². The molecule has 0 spiro atoms. The monoisotopic (exact) mass is 257 g/mol. The highest BCUT2D eigenvalue weighted by molar-refractivity contribution is 5.69. The van der Waals surface area contributed by atoms with E-state index in [1.54, 1.807) is 0 Å². The fourth-order valence-corrected chi connectivity index (χ4v) is 1.67. The number of nitrogens with zero attached hydrogens (tertiary/aromatic N) is 1. The number of hydrogen-bond acceptors (Lipinski definition) is 4. The van der Waals surface area contributed by atoms with Crippen LogP contribution in [0.15, 0.2) is 18.2 Å². The summed E-state index contributed by atoms with van der Waals surface area (Å²) in [6.45, 7) is 2.53. The maximum Gasteiger partial charge on any atom is 0.426 e. The number of nitrogens with one attached hydrogen (secondary N) is 2. The third-order valence-corrected chi connectivity index (χ3v) is 2.58. The lowest BCUT2D eigenvalue weighted by atomic mass is 10.1. The molecule has 0 aliphatic carbocycles. The number of carbonyl (C=O) groups is 1. The Morgan fingerprint density at radius 2 is 2.22 bits per heavy atom. The number of hydrogen-bond donors (Lipinski definition) is 2. The summed E-state index contributed by atoms with van der Waals surface area (Å²) >= 11 is 0. The van der Waals surface area contributed by atoms with Crippen LogP contribution in [-0.2, 0) is 4.74 Å². The lowest BCUT2D eigenvalue weighted by Crippen LogP contribution is -2.48. The smallest absolute Gasteiger partial charge is 0.426 e. The van der Waals surface area contributed by atoms with Crippen LogP contribution in [0.5, 0.6) is 0 Å². The van der Waals surface area contributed by atoms with Gasteiger partial charge in [-0.15, -0.1) is 0 Å². The Hall–Kier alpha value is -1.73. The van der Waals surface area contributed by atoms with Gasteiger partial charge in [-0.3, -0.25) is 0 Å². The van der Waals surface area contributed by atoms with Gasteiger partial charge in [0.1, 0.15) is 12.6 Å². The van der Waals surface area contributed by atoms with E-state index in [2.05, 4.69) is 11.0 Å². The number of carbonyl (C=O) groups excluding carboxylic acids is 1. The molecule has 1 atom stereocenters. The molecule has 18 heavy (non-hydrogen) atoms. The summed E-state index contributed by atoms with van der Waals surface area (Å²) in [5, 5.41) is 1.20. The second-order valence-electron chi connectivity index (χ2n) is 3.78. The van der Waals surface area contributed by atoms with Crippen LogP contribution >= 0.6 is 0 Å². The first kappa shape index (κ1) is 12.7. The summed E-state index contributed by atoms with van der Waals surface area (Å²) in [6.07, 6.45) is -0.564. The van der Waals surface area contributed by atoms with Crippen molar-refractivity contribution in [2.45, 2.75) is 13.0 Å². The number of halogens is 2. The normalized spacial score (nSPS) is 19.2. The largest absolute Gasteiger partial charge is 0.446 e. The maximum atomic E-state index is 13.2. The third-order valence-electron chi connectivity index (χ3n) is 2.58. The van der Waals surface area contributed by atoms with E-state index in [1.165, 1.54) is 11.1 Å². The van der Waals surface area contributed by atoms with Gasteiger partial charge in [-0.2, -0.15) is 5.53 Å². The van der Waals surface area contributed by atoms with Crippen LogP contribution in [0.2, 0.25) is 0 Å². The lowest BCUT2D eigenvalue weighted by Gasteiger charge is -2.22. The van der Waals surface area contributed by atoms with E-state index < -0.39 is 23.8 Å². The molecule has 1 amide bonds. The minimum Gasteiger partial charge on any atom is -0.446 e. The molecule has 1 aliphatic rings. The SMILES string of the molecule is CCNNN1C(=O)OCC1c1ccc(F)c(F)c1. The molecule has 2 N–H and O–H groups in total. The summed E-state index contributed by atoms with van der Waals surface area (Å²) in [4.78, 5) is 11.4. The Bertz CT molecular complexity index is 456. The van der Waals surface area contributed by atoms with E-state index in [0.717, 1.165) is 12.1 Å². The van der Waals surface area contributed by atoms with Gasteiger partial charge in [0, 0.05) is 6.54 Å². The van der Waals surface area contributed by atoms with Crippen LogP contribution < -0.4 is 11.0 Å². The minimum atomic E-state index is -0.949. The highest BCUT2D eigenvalue weighted by Gasteiger charge is 2.34. The molecule has 2 rings (SSSR count).